The Morgan fingerprint density at radius 1 is 1.00 bits per heavy atom. The molecule has 0 unspecified atom stereocenters. The first-order valence-electron chi connectivity index (χ1n) is 6.48. The van der Waals surface area contributed by atoms with Gasteiger partial charge in [0.25, 0.3) is 0 Å². The highest BCUT2D eigenvalue weighted by Gasteiger charge is 2.43. The standard InChI is InChI=1S/C13H18N2O6/c1-13(2,11-14-7(5-20-11)9(16)18-3)12-15-8(6-21-12)10(17)19-4/h7-8H,5-6H2,1-4H3/t7-,8-/m0/s1. The summed E-state index contributed by atoms with van der Waals surface area (Å²) in [5.74, 6) is -0.241. The predicted molar refractivity (Wildman–Crippen MR) is 72.2 cm³/mol. The van der Waals surface area contributed by atoms with Crippen LogP contribution in [0.5, 0.6) is 0 Å². The van der Waals surface area contributed by atoms with Crippen LogP contribution in [0.25, 0.3) is 0 Å². The van der Waals surface area contributed by atoms with Crippen molar-refractivity contribution in [2.45, 2.75) is 25.9 Å². The second kappa shape index (κ2) is 5.71. The minimum Gasteiger partial charge on any atom is -0.477 e. The third-order valence-electron chi connectivity index (χ3n) is 3.32. The van der Waals surface area contributed by atoms with Crippen LogP contribution in [0.4, 0.5) is 0 Å². The molecular formula is C13H18N2O6. The first-order chi connectivity index (χ1) is 9.90. The Balaban J connectivity index is 2.16. The molecule has 0 saturated heterocycles. The maximum atomic E-state index is 11.5. The van der Waals surface area contributed by atoms with Gasteiger partial charge in [-0.2, -0.15) is 0 Å². The number of hydrogen-bond acceptors (Lipinski definition) is 8. The molecule has 0 bridgehead atoms. The maximum absolute atomic E-state index is 11.5. The maximum Gasteiger partial charge on any atom is 0.334 e. The molecule has 0 spiro atoms. The Kier molecular flexibility index (Phi) is 4.15. The number of carbonyl (C=O) groups excluding carboxylic acids is 2. The van der Waals surface area contributed by atoms with Gasteiger partial charge in [0.2, 0.25) is 0 Å². The summed E-state index contributed by atoms with van der Waals surface area (Å²) in [5.41, 5.74) is -0.772. The van der Waals surface area contributed by atoms with E-state index in [9.17, 15) is 9.59 Å². The molecule has 2 heterocycles. The van der Waals surface area contributed by atoms with Crippen molar-refractivity contribution in [3.63, 3.8) is 0 Å². The van der Waals surface area contributed by atoms with Crippen LogP contribution >= 0.6 is 0 Å². The van der Waals surface area contributed by atoms with Crippen LogP contribution in [0.1, 0.15) is 13.8 Å². The first-order valence-corrected chi connectivity index (χ1v) is 6.48. The average molecular weight is 298 g/mol. The molecule has 0 aliphatic carbocycles. The smallest absolute Gasteiger partial charge is 0.334 e. The molecule has 0 fully saturated rings. The molecule has 2 rings (SSSR count). The fourth-order valence-electron chi connectivity index (χ4n) is 2.04. The van der Waals surface area contributed by atoms with Crippen LogP contribution in [0.15, 0.2) is 9.98 Å². The Hall–Kier alpha value is -2.12. The fraction of sp³-hybridized carbons (Fsp3) is 0.692. The second-order valence-corrected chi connectivity index (χ2v) is 5.19. The quantitative estimate of drug-likeness (QED) is 0.675. The van der Waals surface area contributed by atoms with Crippen molar-refractivity contribution in [2.24, 2.45) is 15.4 Å². The van der Waals surface area contributed by atoms with Crippen molar-refractivity contribution in [3.8, 4) is 0 Å². The molecule has 0 aromatic heterocycles. The summed E-state index contributed by atoms with van der Waals surface area (Å²) in [6, 6.07) is -1.36. The van der Waals surface area contributed by atoms with Gasteiger partial charge >= 0.3 is 11.9 Å². The van der Waals surface area contributed by atoms with Gasteiger partial charge in [-0.1, -0.05) is 0 Å². The van der Waals surface area contributed by atoms with Crippen LogP contribution < -0.4 is 0 Å². The van der Waals surface area contributed by atoms with Gasteiger partial charge in [0, 0.05) is 0 Å². The predicted octanol–water partition coefficient (Wildman–Crippen LogP) is -0.0468. The van der Waals surface area contributed by atoms with Gasteiger partial charge in [0.1, 0.15) is 18.6 Å². The highest BCUT2D eigenvalue weighted by atomic mass is 16.5. The van der Waals surface area contributed by atoms with Crippen LogP contribution in [-0.4, -0.2) is 63.3 Å². The van der Waals surface area contributed by atoms with E-state index in [0.717, 1.165) is 0 Å². The first kappa shape index (κ1) is 15.3. The third-order valence-corrected chi connectivity index (χ3v) is 3.32. The summed E-state index contributed by atoms with van der Waals surface area (Å²) in [7, 11) is 2.60. The minimum absolute atomic E-state index is 0.124. The van der Waals surface area contributed by atoms with Gasteiger partial charge < -0.3 is 18.9 Å². The Morgan fingerprint density at radius 3 is 1.71 bits per heavy atom. The molecule has 0 saturated carbocycles. The molecule has 0 amide bonds. The lowest BCUT2D eigenvalue weighted by Gasteiger charge is -2.22. The minimum atomic E-state index is -0.772. The number of carbonyl (C=O) groups is 2. The van der Waals surface area contributed by atoms with Crippen LogP contribution in [-0.2, 0) is 28.5 Å². The van der Waals surface area contributed by atoms with Crippen molar-refractivity contribution in [3.05, 3.63) is 0 Å². The number of esters is 2. The molecule has 8 nitrogen and oxygen atoms in total. The van der Waals surface area contributed by atoms with E-state index in [0.29, 0.717) is 11.8 Å². The number of ether oxygens (including phenoxy) is 4. The van der Waals surface area contributed by atoms with Crippen molar-refractivity contribution < 1.29 is 28.5 Å². The van der Waals surface area contributed by atoms with E-state index in [1.807, 2.05) is 0 Å². The van der Waals surface area contributed by atoms with E-state index >= 15 is 0 Å². The number of nitrogens with zero attached hydrogens (tertiary/aromatic N) is 2. The van der Waals surface area contributed by atoms with Crippen LogP contribution in [0.2, 0.25) is 0 Å². The van der Waals surface area contributed by atoms with E-state index in [4.69, 9.17) is 9.47 Å². The monoisotopic (exact) mass is 298 g/mol. The zero-order chi connectivity index (χ0) is 15.6. The number of rotatable bonds is 4. The van der Waals surface area contributed by atoms with E-state index in [2.05, 4.69) is 19.5 Å². The Labute approximate surface area is 122 Å². The molecule has 116 valence electrons. The number of methoxy groups -OCH3 is 2. The molecule has 2 aliphatic rings. The van der Waals surface area contributed by atoms with Crippen molar-refractivity contribution in [1.29, 1.82) is 0 Å². The molecule has 2 aliphatic heterocycles. The Morgan fingerprint density at radius 2 is 1.38 bits per heavy atom. The highest BCUT2D eigenvalue weighted by molar-refractivity contribution is 6.07. The molecular weight excluding hydrogens is 280 g/mol. The summed E-state index contributed by atoms with van der Waals surface area (Å²) in [6.45, 7) is 3.84. The van der Waals surface area contributed by atoms with Gasteiger partial charge in [0.15, 0.2) is 23.9 Å². The SMILES string of the molecule is COC(=O)[C@@H]1COC(C(C)(C)C2=N[C@H](C(=O)OC)CO2)=N1. The average Bonchev–Trinajstić information content (AvgIpc) is 3.14. The molecule has 21 heavy (non-hydrogen) atoms. The van der Waals surface area contributed by atoms with E-state index < -0.39 is 29.4 Å². The molecule has 0 aromatic rings. The number of hydrogen-bond donors (Lipinski definition) is 0. The second-order valence-electron chi connectivity index (χ2n) is 5.19. The van der Waals surface area contributed by atoms with Crippen molar-refractivity contribution >= 4 is 23.7 Å². The van der Waals surface area contributed by atoms with Gasteiger partial charge in [-0.15, -0.1) is 0 Å². The highest BCUT2D eigenvalue weighted by Crippen LogP contribution is 2.29. The van der Waals surface area contributed by atoms with Crippen molar-refractivity contribution in [1.82, 2.24) is 0 Å². The lowest BCUT2D eigenvalue weighted by molar-refractivity contribution is -0.143. The van der Waals surface area contributed by atoms with E-state index in [1.54, 1.807) is 13.8 Å². The van der Waals surface area contributed by atoms with Gasteiger partial charge in [0.05, 0.1) is 14.2 Å². The lowest BCUT2D eigenvalue weighted by Crippen LogP contribution is -2.34. The van der Waals surface area contributed by atoms with Crippen LogP contribution in [0, 0.1) is 5.41 Å². The van der Waals surface area contributed by atoms with E-state index in [1.165, 1.54) is 14.2 Å². The van der Waals surface area contributed by atoms with Crippen molar-refractivity contribution in [2.75, 3.05) is 27.4 Å². The summed E-state index contributed by atoms with van der Waals surface area (Å²) in [4.78, 5) is 31.3. The third kappa shape index (κ3) is 2.84. The summed E-state index contributed by atoms with van der Waals surface area (Å²) < 4.78 is 20.2. The molecule has 8 heteroatoms. The lowest BCUT2D eigenvalue weighted by atomic mass is 9.93. The zero-order valence-corrected chi connectivity index (χ0v) is 12.4. The molecule has 2 atom stereocenters. The topological polar surface area (TPSA) is 95.8 Å². The summed E-state index contributed by atoms with van der Waals surface area (Å²) in [6.07, 6.45) is 0. The van der Waals surface area contributed by atoms with Gasteiger partial charge in [-0.3, -0.25) is 0 Å². The largest absolute Gasteiger partial charge is 0.477 e. The van der Waals surface area contributed by atoms with Crippen LogP contribution in [0.3, 0.4) is 0 Å². The normalized spacial score (nSPS) is 24.6. The molecule has 0 N–H and O–H groups in total. The Bertz CT molecular complexity index is 467. The zero-order valence-electron chi connectivity index (χ0n) is 12.4. The van der Waals surface area contributed by atoms with E-state index in [-0.39, 0.29) is 13.2 Å². The number of aliphatic imine (C=N–C) groups is 2. The molecule has 0 radical (unpaired) electrons. The molecule has 0 aromatic carbocycles. The summed E-state index contributed by atoms with van der Waals surface area (Å²) in [5, 5.41) is 0. The fourth-order valence-corrected chi connectivity index (χ4v) is 2.04. The van der Waals surface area contributed by atoms with Gasteiger partial charge in [-0.05, 0) is 13.8 Å². The summed E-state index contributed by atoms with van der Waals surface area (Å²) >= 11 is 0. The van der Waals surface area contributed by atoms with Gasteiger partial charge in [-0.25, -0.2) is 19.6 Å².